The number of guanidine groups is 1. The van der Waals surface area contributed by atoms with E-state index in [4.69, 9.17) is 4.99 Å². The highest BCUT2D eigenvalue weighted by molar-refractivity contribution is 14.0. The van der Waals surface area contributed by atoms with E-state index >= 15 is 0 Å². The fourth-order valence-electron chi connectivity index (χ4n) is 3.62. The predicted molar refractivity (Wildman–Crippen MR) is 135 cm³/mol. The zero-order valence-corrected chi connectivity index (χ0v) is 21.3. The number of nitrogens with one attached hydrogen (secondary N) is 1. The molecule has 1 fully saturated rings. The lowest BCUT2D eigenvalue weighted by Gasteiger charge is -2.38. The maximum absolute atomic E-state index is 4.88. The van der Waals surface area contributed by atoms with E-state index in [1.165, 1.54) is 23.2 Å². The van der Waals surface area contributed by atoms with Crippen LogP contribution in [-0.4, -0.2) is 58.3 Å². The van der Waals surface area contributed by atoms with Gasteiger partial charge < -0.3 is 19.7 Å². The molecule has 1 aliphatic rings. The van der Waals surface area contributed by atoms with Crippen molar-refractivity contribution in [3.63, 3.8) is 0 Å². The average molecular weight is 525 g/mol. The first kappa shape index (κ1) is 24.4. The van der Waals surface area contributed by atoms with Crippen LogP contribution in [-0.2, 0) is 13.6 Å². The number of unbranched alkanes of at least 4 members (excludes halogenated alkanes) is 1. The van der Waals surface area contributed by atoms with Crippen LogP contribution in [0.3, 0.4) is 0 Å². The van der Waals surface area contributed by atoms with E-state index in [1.807, 2.05) is 18.5 Å². The van der Waals surface area contributed by atoms with Crippen molar-refractivity contribution in [3.8, 4) is 0 Å². The number of aliphatic imine (C=N–C) groups is 1. The van der Waals surface area contributed by atoms with Crippen LogP contribution in [0, 0.1) is 20.8 Å². The van der Waals surface area contributed by atoms with Gasteiger partial charge >= 0.3 is 0 Å². The Morgan fingerprint density at radius 3 is 2.47 bits per heavy atom. The van der Waals surface area contributed by atoms with Gasteiger partial charge in [-0.05, 0) is 44.4 Å². The molecule has 0 saturated carbocycles. The van der Waals surface area contributed by atoms with Gasteiger partial charge in [0, 0.05) is 45.5 Å². The smallest absolute Gasteiger partial charge is 0.194 e. The molecule has 0 radical (unpaired) electrons. The van der Waals surface area contributed by atoms with Gasteiger partial charge in [-0.3, -0.25) is 0 Å². The number of aryl methyl sites for hydroxylation is 2. The lowest BCUT2D eigenvalue weighted by Crippen LogP contribution is -2.53. The summed E-state index contributed by atoms with van der Waals surface area (Å²) in [6.45, 7) is 14.0. The van der Waals surface area contributed by atoms with E-state index in [1.54, 1.807) is 0 Å². The van der Waals surface area contributed by atoms with Crippen molar-refractivity contribution in [1.29, 1.82) is 0 Å². The predicted octanol–water partition coefficient (Wildman–Crippen LogP) is 3.43. The second-order valence-corrected chi connectivity index (χ2v) is 7.84. The molecular weight excluding hydrogens is 489 g/mol. The van der Waals surface area contributed by atoms with Gasteiger partial charge in [0.05, 0.1) is 0 Å². The highest BCUT2D eigenvalue weighted by Crippen LogP contribution is 2.23. The molecule has 8 heteroatoms. The third-order valence-electron chi connectivity index (χ3n) is 5.86. The van der Waals surface area contributed by atoms with Crippen LogP contribution in [0.5, 0.6) is 0 Å². The first-order chi connectivity index (χ1) is 14.0. The van der Waals surface area contributed by atoms with Gasteiger partial charge in [0.1, 0.15) is 12.4 Å². The molecule has 1 aliphatic heterocycles. The van der Waals surface area contributed by atoms with Crippen molar-refractivity contribution in [2.75, 3.05) is 37.6 Å². The Balaban J connectivity index is 0.00000320. The molecule has 1 N–H and O–H groups in total. The minimum absolute atomic E-state index is 0. The fourth-order valence-corrected chi connectivity index (χ4v) is 3.62. The summed E-state index contributed by atoms with van der Waals surface area (Å²) < 4.78 is 2.01. The highest BCUT2D eigenvalue weighted by atomic mass is 127. The number of rotatable bonds is 6. The summed E-state index contributed by atoms with van der Waals surface area (Å²) in [6, 6.07) is 6.58. The van der Waals surface area contributed by atoms with Gasteiger partial charge in [-0.2, -0.15) is 0 Å². The molecule has 0 amide bonds. The van der Waals surface area contributed by atoms with Crippen LogP contribution in [0.25, 0.3) is 0 Å². The van der Waals surface area contributed by atoms with Crippen molar-refractivity contribution < 1.29 is 0 Å². The van der Waals surface area contributed by atoms with Crippen molar-refractivity contribution in [2.45, 2.75) is 47.1 Å². The molecule has 1 aromatic heterocycles. The molecule has 0 bridgehead atoms. The van der Waals surface area contributed by atoms with Crippen molar-refractivity contribution in [1.82, 2.24) is 25.0 Å². The van der Waals surface area contributed by atoms with Gasteiger partial charge in [-0.25, -0.2) is 4.99 Å². The highest BCUT2D eigenvalue weighted by Gasteiger charge is 2.21. The molecule has 0 spiro atoms. The maximum Gasteiger partial charge on any atom is 0.194 e. The quantitative estimate of drug-likeness (QED) is 0.271. The van der Waals surface area contributed by atoms with Gasteiger partial charge in [0.25, 0.3) is 0 Å². The van der Waals surface area contributed by atoms with Crippen LogP contribution in [0.1, 0.15) is 42.5 Å². The number of hydrogen-bond donors (Lipinski definition) is 1. The van der Waals surface area contributed by atoms with E-state index in [9.17, 15) is 0 Å². The number of benzene rings is 1. The molecule has 2 heterocycles. The number of hydrogen-bond acceptors (Lipinski definition) is 4. The number of piperazine rings is 1. The van der Waals surface area contributed by atoms with Gasteiger partial charge in [0.15, 0.2) is 11.8 Å². The molecule has 2 aromatic rings. The van der Waals surface area contributed by atoms with E-state index in [0.717, 1.165) is 56.8 Å². The minimum atomic E-state index is 0. The third kappa shape index (κ3) is 5.86. The summed E-state index contributed by atoms with van der Waals surface area (Å²) in [6.07, 6.45) is 2.31. The summed E-state index contributed by atoms with van der Waals surface area (Å²) >= 11 is 0. The van der Waals surface area contributed by atoms with Gasteiger partial charge in [-0.15, -0.1) is 34.2 Å². The Kier molecular flexibility index (Phi) is 9.38. The van der Waals surface area contributed by atoms with Crippen molar-refractivity contribution >= 4 is 35.6 Å². The van der Waals surface area contributed by atoms with Gasteiger partial charge in [-0.1, -0.05) is 25.5 Å². The molecule has 3 rings (SSSR count). The summed E-state index contributed by atoms with van der Waals surface area (Å²) in [5.74, 6) is 2.80. The second kappa shape index (κ2) is 11.5. The van der Waals surface area contributed by atoms with E-state index < -0.39 is 0 Å². The summed E-state index contributed by atoms with van der Waals surface area (Å²) in [4.78, 5) is 9.75. The molecule has 0 unspecified atom stereocenters. The maximum atomic E-state index is 4.88. The van der Waals surface area contributed by atoms with Crippen molar-refractivity contribution in [3.05, 3.63) is 41.0 Å². The monoisotopic (exact) mass is 525 g/mol. The Labute approximate surface area is 198 Å². The summed E-state index contributed by atoms with van der Waals surface area (Å²) in [5.41, 5.74) is 4.09. The third-order valence-corrected chi connectivity index (χ3v) is 5.86. The zero-order valence-electron chi connectivity index (χ0n) is 19.0. The Morgan fingerprint density at radius 1 is 1.10 bits per heavy atom. The average Bonchev–Trinajstić information content (AvgIpc) is 3.05. The Hall–Kier alpha value is -1.84. The first-order valence-electron chi connectivity index (χ1n) is 10.7. The number of anilines is 1. The molecule has 30 heavy (non-hydrogen) atoms. The van der Waals surface area contributed by atoms with E-state index in [2.05, 4.69) is 64.3 Å². The lowest BCUT2D eigenvalue weighted by molar-refractivity contribution is 0.371. The molecule has 1 aromatic carbocycles. The van der Waals surface area contributed by atoms with Crippen LogP contribution in [0.4, 0.5) is 5.69 Å². The van der Waals surface area contributed by atoms with Gasteiger partial charge in [0.2, 0.25) is 0 Å². The van der Waals surface area contributed by atoms with Crippen LogP contribution >= 0.6 is 24.0 Å². The topological polar surface area (TPSA) is 61.6 Å². The zero-order chi connectivity index (χ0) is 20.8. The molecule has 1 saturated heterocycles. The lowest BCUT2D eigenvalue weighted by atomic mass is 10.1. The molecule has 0 aliphatic carbocycles. The van der Waals surface area contributed by atoms with Crippen molar-refractivity contribution in [2.24, 2.45) is 12.0 Å². The minimum Gasteiger partial charge on any atom is -0.368 e. The normalized spacial score (nSPS) is 14.6. The number of nitrogens with zero attached hydrogens (tertiary/aromatic N) is 6. The Morgan fingerprint density at radius 2 is 1.83 bits per heavy atom. The molecule has 0 atom stereocenters. The fraction of sp³-hybridized carbons (Fsp3) is 0.591. The first-order valence-corrected chi connectivity index (χ1v) is 10.7. The largest absolute Gasteiger partial charge is 0.368 e. The second-order valence-electron chi connectivity index (χ2n) is 7.84. The van der Waals surface area contributed by atoms with E-state index in [0.29, 0.717) is 6.54 Å². The summed E-state index contributed by atoms with van der Waals surface area (Å²) in [7, 11) is 1.99. The SMILES string of the molecule is CCCCNC(=NCc1nnc(C)n1C)N1CCN(c2cccc(C)c2C)CC1.I. The number of aromatic nitrogens is 3. The van der Waals surface area contributed by atoms with E-state index in [-0.39, 0.29) is 24.0 Å². The number of halogens is 1. The van der Waals surface area contributed by atoms with Crippen LogP contribution < -0.4 is 10.2 Å². The van der Waals surface area contributed by atoms with Crippen LogP contribution in [0.15, 0.2) is 23.2 Å². The molecular formula is C22H36IN7. The molecule has 166 valence electrons. The van der Waals surface area contributed by atoms with Crippen LogP contribution in [0.2, 0.25) is 0 Å². The Bertz CT molecular complexity index is 838. The summed E-state index contributed by atoms with van der Waals surface area (Å²) in [5, 5.41) is 12.0. The molecule has 7 nitrogen and oxygen atoms in total. The standard InChI is InChI=1S/C22H35N7.HI/c1-6-7-11-23-22(24-16-21-26-25-19(4)27(21)5)29-14-12-28(13-15-29)20-10-8-9-17(2)18(20)3;/h8-10H,6-7,11-16H2,1-5H3,(H,23,24);1H.